The van der Waals surface area contributed by atoms with Gasteiger partial charge >= 0.3 is 0 Å². The van der Waals surface area contributed by atoms with Crippen molar-refractivity contribution in [2.45, 2.75) is 32.4 Å². The largest absolute Gasteiger partial charge is 0.481 e. The number of rotatable bonds is 7. The zero-order valence-corrected chi connectivity index (χ0v) is 16.4. The van der Waals surface area contributed by atoms with Gasteiger partial charge in [-0.1, -0.05) is 13.0 Å². The molecule has 2 aromatic heterocycles. The van der Waals surface area contributed by atoms with Crippen molar-refractivity contribution < 1.29 is 4.74 Å². The Balaban J connectivity index is 1.68. The summed E-state index contributed by atoms with van der Waals surface area (Å²) in [6, 6.07) is 4.49. The SMILES string of the molecule is CCN1CCC[C@@H](CN(C)Cc2ccc(OC)nc2)[C@@H]1c1cnn(C)c1. The Labute approximate surface area is 156 Å². The Morgan fingerprint density at radius 1 is 1.31 bits per heavy atom. The van der Waals surface area contributed by atoms with Gasteiger partial charge in [-0.15, -0.1) is 0 Å². The minimum atomic E-state index is 0.457. The fourth-order valence-corrected chi connectivity index (χ4v) is 4.18. The van der Waals surface area contributed by atoms with Crippen LogP contribution >= 0.6 is 0 Å². The first kappa shape index (κ1) is 18.9. The van der Waals surface area contributed by atoms with Crippen molar-refractivity contribution in [3.8, 4) is 5.88 Å². The van der Waals surface area contributed by atoms with Gasteiger partial charge < -0.3 is 9.64 Å². The van der Waals surface area contributed by atoms with Gasteiger partial charge in [0.2, 0.25) is 5.88 Å². The van der Waals surface area contributed by atoms with Crippen molar-refractivity contribution in [2.24, 2.45) is 13.0 Å². The number of aromatic nitrogens is 3. The minimum absolute atomic E-state index is 0.457. The smallest absolute Gasteiger partial charge is 0.212 e. The Morgan fingerprint density at radius 3 is 2.77 bits per heavy atom. The second kappa shape index (κ2) is 8.64. The summed E-state index contributed by atoms with van der Waals surface area (Å²) >= 11 is 0. The van der Waals surface area contributed by atoms with Crippen LogP contribution in [0.25, 0.3) is 0 Å². The molecule has 2 aromatic rings. The highest BCUT2D eigenvalue weighted by Gasteiger charge is 2.33. The van der Waals surface area contributed by atoms with Gasteiger partial charge in [0.15, 0.2) is 0 Å². The van der Waals surface area contributed by atoms with Crippen LogP contribution in [0, 0.1) is 5.92 Å². The number of hydrogen-bond donors (Lipinski definition) is 0. The normalized spacial score (nSPS) is 21.3. The number of pyridine rings is 1. The van der Waals surface area contributed by atoms with E-state index >= 15 is 0 Å². The number of piperidine rings is 1. The molecule has 0 amide bonds. The lowest BCUT2D eigenvalue weighted by atomic mass is 9.85. The van der Waals surface area contributed by atoms with Gasteiger partial charge in [0.1, 0.15) is 0 Å². The lowest BCUT2D eigenvalue weighted by Crippen LogP contribution is -2.42. The maximum absolute atomic E-state index is 5.15. The first-order chi connectivity index (χ1) is 12.6. The average molecular weight is 358 g/mol. The molecule has 0 aliphatic carbocycles. The van der Waals surface area contributed by atoms with Crippen LogP contribution in [0.2, 0.25) is 0 Å². The monoisotopic (exact) mass is 357 g/mol. The molecule has 2 atom stereocenters. The van der Waals surface area contributed by atoms with Crippen molar-refractivity contribution in [1.82, 2.24) is 24.6 Å². The van der Waals surface area contributed by atoms with E-state index in [4.69, 9.17) is 4.74 Å². The second-order valence-electron chi connectivity index (χ2n) is 7.33. The molecule has 0 spiro atoms. The van der Waals surface area contributed by atoms with E-state index in [1.54, 1.807) is 7.11 Å². The Hall–Kier alpha value is -1.92. The van der Waals surface area contributed by atoms with E-state index in [1.807, 2.05) is 30.2 Å². The molecule has 0 radical (unpaired) electrons. The van der Waals surface area contributed by atoms with Gasteiger partial charge in [0.05, 0.1) is 13.3 Å². The third kappa shape index (κ3) is 4.43. The molecule has 3 heterocycles. The van der Waals surface area contributed by atoms with Crippen molar-refractivity contribution in [3.63, 3.8) is 0 Å². The van der Waals surface area contributed by atoms with Gasteiger partial charge in [-0.2, -0.15) is 5.10 Å². The molecule has 142 valence electrons. The van der Waals surface area contributed by atoms with Crippen LogP contribution in [-0.2, 0) is 13.6 Å². The Morgan fingerprint density at radius 2 is 2.15 bits per heavy atom. The van der Waals surface area contributed by atoms with Crippen LogP contribution in [0.4, 0.5) is 0 Å². The fourth-order valence-electron chi connectivity index (χ4n) is 4.18. The third-order valence-corrected chi connectivity index (χ3v) is 5.34. The number of nitrogens with zero attached hydrogens (tertiary/aromatic N) is 5. The standard InChI is InChI=1S/C20H31N5O/c1-5-25-10-6-7-17(20(25)18-12-22-24(3)15-18)14-23(2)13-16-8-9-19(26-4)21-11-16/h8-9,11-12,15,17,20H,5-7,10,13-14H2,1-4H3/t17-,20+/m0/s1. The summed E-state index contributed by atoms with van der Waals surface area (Å²) in [5.74, 6) is 1.28. The van der Waals surface area contributed by atoms with Gasteiger partial charge in [0.25, 0.3) is 0 Å². The van der Waals surface area contributed by atoms with E-state index in [1.165, 1.54) is 30.5 Å². The van der Waals surface area contributed by atoms with E-state index in [-0.39, 0.29) is 0 Å². The summed E-state index contributed by atoms with van der Waals surface area (Å²) in [6.45, 7) is 6.50. The molecule has 6 nitrogen and oxygen atoms in total. The predicted octanol–water partition coefficient (Wildman–Crippen LogP) is 2.73. The molecule has 26 heavy (non-hydrogen) atoms. The molecule has 6 heteroatoms. The molecule has 0 N–H and O–H groups in total. The van der Waals surface area contributed by atoms with E-state index < -0.39 is 0 Å². The average Bonchev–Trinajstić information content (AvgIpc) is 3.08. The molecule has 0 bridgehead atoms. The maximum atomic E-state index is 5.15. The molecule has 0 unspecified atom stereocenters. The van der Waals surface area contributed by atoms with E-state index in [0.29, 0.717) is 17.8 Å². The number of aryl methyl sites for hydroxylation is 1. The van der Waals surface area contributed by atoms with Gasteiger partial charge in [-0.25, -0.2) is 4.98 Å². The van der Waals surface area contributed by atoms with Crippen LogP contribution in [0.3, 0.4) is 0 Å². The number of ether oxygens (including phenoxy) is 1. The summed E-state index contributed by atoms with van der Waals surface area (Å²) in [7, 11) is 5.85. The molecule has 1 fully saturated rings. The lowest BCUT2D eigenvalue weighted by Gasteiger charge is -2.42. The van der Waals surface area contributed by atoms with Crippen LogP contribution in [-0.4, -0.2) is 58.4 Å². The molecule has 1 aliphatic rings. The third-order valence-electron chi connectivity index (χ3n) is 5.34. The Bertz CT molecular complexity index is 684. The Kier molecular flexibility index (Phi) is 6.27. The summed E-state index contributed by atoms with van der Waals surface area (Å²) in [5, 5.41) is 4.41. The summed E-state index contributed by atoms with van der Waals surface area (Å²) in [4.78, 5) is 9.34. The lowest BCUT2D eigenvalue weighted by molar-refractivity contribution is 0.0749. The van der Waals surface area contributed by atoms with E-state index in [0.717, 1.165) is 19.6 Å². The van der Waals surface area contributed by atoms with E-state index in [2.05, 4.69) is 46.1 Å². The highest BCUT2D eigenvalue weighted by Crippen LogP contribution is 2.36. The molecule has 1 aliphatic heterocycles. The molecule has 3 rings (SSSR count). The molecule has 0 saturated carbocycles. The molecule has 0 aromatic carbocycles. The summed E-state index contributed by atoms with van der Waals surface area (Å²) in [6.07, 6.45) is 8.67. The summed E-state index contributed by atoms with van der Waals surface area (Å²) in [5.41, 5.74) is 2.56. The van der Waals surface area contributed by atoms with Crippen molar-refractivity contribution in [2.75, 3.05) is 33.8 Å². The number of hydrogen-bond acceptors (Lipinski definition) is 5. The van der Waals surface area contributed by atoms with E-state index in [9.17, 15) is 0 Å². The number of methoxy groups -OCH3 is 1. The van der Waals surface area contributed by atoms with Gasteiger partial charge in [0, 0.05) is 50.2 Å². The van der Waals surface area contributed by atoms with Gasteiger partial charge in [-0.3, -0.25) is 9.58 Å². The summed E-state index contributed by atoms with van der Waals surface area (Å²) < 4.78 is 7.06. The van der Waals surface area contributed by atoms with Crippen molar-refractivity contribution >= 4 is 0 Å². The molecule has 1 saturated heterocycles. The van der Waals surface area contributed by atoms with Crippen molar-refractivity contribution in [3.05, 3.63) is 41.9 Å². The van der Waals surface area contributed by atoms with Crippen molar-refractivity contribution in [1.29, 1.82) is 0 Å². The van der Waals surface area contributed by atoms with Crippen LogP contribution in [0.15, 0.2) is 30.7 Å². The number of likely N-dealkylation sites (tertiary alicyclic amines) is 1. The zero-order valence-electron chi connectivity index (χ0n) is 16.4. The first-order valence-corrected chi connectivity index (χ1v) is 9.50. The van der Waals surface area contributed by atoms with Crippen LogP contribution in [0.5, 0.6) is 5.88 Å². The molecular weight excluding hydrogens is 326 g/mol. The second-order valence-corrected chi connectivity index (χ2v) is 7.33. The maximum Gasteiger partial charge on any atom is 0.212 e. The fraction of sp³-hybridized carbons (Fsp3) is 0.600. The minimum Gasteiger partial charge on any atom is -0.481 e. The predicted molar refractivity (Wildman–Crippen MR) is 103 cm³/mol. The quantitative estimate of drug-likeness (QED) is 0.762. The van der Waals surface area contributed by atoms with Gasteiger partial charge in [-0.05, 0) is 44.5 Å². The topological polar surface area (TPSA) is 46.4 Å². The van der Waals surface area contributed by atoms with Crippen LogP contribution in [0.1, 0.15) is 36.9 Å². The highest BCUT2D eigenvalue weighted by atomic mass is 16.5. The highest BCUT2D eigenvalue weighted by molar-refractivity contribution is 5.18. The zero-order chi connectivity index (χ0) is 18.5. The van der Waals surface area contributed by atoms with Crippen LogP contribution < -0.4 is 4.74 Å². The first-order valence-electron chi connectivity index (χ1n) is 9.50. The molecular formula is C20H31N5O.